The molecule has 0 bridgehead atoms. The van der Waals surface area contributed by atoms with Crippen molar-refractivity contribution >= 4 is 17.4 Å². The number of carbonyl (C=O) groups excluding carboxylic acids is 2. The zero-order valence-corrected chi connectivity index (χ0v) is 9.08. The first-order chi connectivity index (χ1) is 7.70. The van der Waals surface area contributed by atoms with Crippen molar-refractivity contribution in [2.24, 2.45) is 0 Å². The van der Waals surface area contributed by atoms with E-state index in [0.717, 1.165) is 0 Å². The van der Waals surface area contributed by atoms with Crippen molar-refractivity contribution in [3.63, 3.8) is 0 Å². The SMILES string of the molecule is CCC(=O)c1ccc2c(c1)NC(=O)CCO2. The van der Waals surface area contributed by atoms with Crippen LogP contribution in [0.1, 0.15) is 30.1 Å². The largest absolute Gasteiger partial charge is 0.491 e. The van der Waals surface area contributed by atoms with Crippen LogP contribution in [0.15, 0.2) is 18.2 Å². The van der Waals surface area contributed by atoms with Crippen LogP contribution in [0.25, 0.3) is 0 Å². The summed E-state index contributed by atoms with van der Waals surface area (Å²) in [6.45, 7) is 2.18. The molecule has 0 aliphatic carbocycles. The van der Waals surface area contributed by atoms with Crippen LogP contribution in [0.2, 0.25) is 0 Å². The van der Waals surface area contributed by atoms with Crippen molar-refractivity contribution in [3.05, 3.63) is 23.8 Å². The molecule has 1 aliphatic heterocycles. The van der Waals surface area contributed by atoms with Gasteiger partial charge in [-0.05, 0) is 18.2 Å². The minimum Gasteiger partial charge on any atom is -0.491 e. The number of carbonyl (C=O) groups is 2. The van der Waals surface area contributed by atoms with Gasteiger partial charge < -0.3 is 10.1 Å². The highest BCUT2D eigenvalue weighted by Gasteiger charge is 2.15. The van der Waals surface area contributed by atoms with Crippen molar-refractivity contribution in [2.45, 2.75) is 19.8 Å². The van der Waals surface area contributed by atoms with Gasteiger partial charge in [0.25, 0.3) is 0 Å². The van der Waals surface area contributed by atoms with Gasteiger partial charge in [-0.15, -0.1) is 0 Å². The molecule has 0 spiro atoms. The zero-order chi connectivity index (χ0) is 11.5. The molecule has 1 amide bonds. The second-order valence-corrected chi connectivity index (χ2v) is 3.63. The molecule has 0 saturated heterocycles. The highest BCUT2D eigenvalue weighted by molar-refractivity contribution is 5.99. The van der Waals surface area contributed by atoms with Gasteiger partial charge >= 0.3 is 0 Å². The molecule has 84 valence electrons. The lowest BCUT2D eigenvalue weighted by Crippen LogP contribution is -2.10. The quantitative estimate of drug-likeness (QED) is 0.774. The maximum atomic E-state index is 11.5. The fourth-order valence-electron chi connectivity index (χ4n) is 1.60. The van der Waals surface area contributed by atoms with Crippen molar-refractivity contribution in [2.75, 3.05) is 11.9 Å². The highest BCUT2D eigenvalue weighted by Crippen LogP contribution is 2.28. The van der Waals surface area contributed by atoms with Gasteiger partial charge in [0, 0.05) is 12.0 Å². The lowest BCUT2D eigenvalue weighted by molar-refractivity contribution is -0.116. The van der Waals surface area contributed by atoms with Crippen molar-refractivity contribution in [3.8, 4) is 5.75 Å². The molecule has 1 N–H and O–H groups in total. The van der Waals surface area contributed by atoms with E-state index in [1.807, 2.05) is 6.92 Å². The topological polar surface area (TPSA) is 55.4 Å². The number of amides is 1. The maximum absolute atomic E-state index is 11.5. The summed E-state index contributed by atoms with van der Waals surface area (Å²) < 4.78 is 5.39. The van der Waals surface area contributed by atoms with Gasteiger partial charge in [-0.3, -0.25) is 9.59 Å². The Morgan fingerprint density at radius 2 is 2.31 bits per heavy atom. The number of nitrogens with one attached hydrogen (secondary N) is 1. The number of fused-ring (bicyclic) bond motifs is 1. The molecule has 1 aliphatic rings. The fraction of sp³-hybridized carbons (Fsp3) is 0.333. The van der Waals surface area contributed by atoms with Crippen LogP contribution >= 0.6 is 0 Å². The number of hydrogen-bond donors (Lipinski definition) is 1. The summed E-state index contributed by atoms with van der Waals surface area (Å²) in [6, 6.07) is 5.12. The lowest BCUT2D eigenvalue weighted by Gasteiger charge is -2.08. The predicted molar refractivity (Wildman–Crippen MR) is 59.8 cm³/mol. The molecule has 1 heterocycles. The summed E-state index contributed by atoms with van der Waals surface area (Å²) in [5, 5.41) is 2.73. The van der Waals surface area contributed by atoms with E-state index in [1.165, 1.54) is 0 Å². The average Bonchev–Trinajstić information content (AvgIpc) is 2.47. The number of rotatable bonds is 2. The Bertz CT molecular complexity index is 440. The number of Topliss-reactive ketones (excluding diaryl/α,β-unsaturated/α-hetero) is 1. The van der Waals surface area contributed by atoms with Crippen LogP contribution in [-0.4, -0.2) is 18.3 Å². The minimum absolute atomic E-state index is 0.0568. The summed E-state index contributed by atoms with van der Waals surface area (Å²) in [4.78, 5) is 22.8. The smallest absolute Gasteiger partial charge is 0.227 e. The molecule has 0 fully saturated rings. The van der Waals surface area contributed by atoms with Gasteiger partial charge in [-0.25, -0.2) is 0 Å². The van der Waals surface area contributed by atoms with E-state index in [9.17, 15) is 9.59 Å². The van der Waals surface area contributed by atoms with Crippen molar-refractivity contribution < 1.29 is 14.3 Å². The minimum atomic E-state index is -0.0835. The molecule has 1 aromatic rings. The molecule has 0 atom stereocenters. The normalized spacial score (nSPS) is 14.4. The van der Waals surface area contributed by atoms with Gasteiger partial charge in [-0.2, -0.15) is 0 Å². The lowest BCUT2D eigenvalue weighted by atomic mass is 10.1. The number of hydrogen-bond acceptors (Lipinski definition) is 3. The summed E-state index contributed by atoms with van der Waals surface area (Å²) in [5.74, 6) is 0.597. The third kappa shape index (κ3) is 2.05. The summed E-state index contributed by atoms with van der Waals surface area (Å²) >= 11 is 0. The molecule has 2 rings (SSSR count). The average molecular weight is 219 g/mol. The van der Waals surface area contributed by atoms with Gasteiger partial charge in [0.2, 0.25) is 5.91 Å². The fourth-order valence-corrected chi connectivity index (χ4v) is 1.60. The molecule has 0 aromatic heterocycles. The Morgan fingerprint density at radius 1 is 1.50 bits per heavy atom. The number of ketones is 1. The number of benzene rings is 1. The van der Waals surface area contributed by atoms with Gasteiger partial charge in [0.05, 0.1) is 18.7 Å². The van der Waals surface area contributed by atoms with E-state index < -0.39 is 0 Å². The van der Waals surface area contributed by atoms with Crippen molar-refractivity contribution in [1.29, 1.82) is 0 Å². The van der Waals surface area contributed by atoms with Crippen LogP contribution < -0.4 is 10.1 Å². The maximum Gasteiger partial charge on any atom is 0.227 e. The molecule has 0 radical (unpaired) electrons. The second-order valence-electron chi connectivity index (χ2n) is 3.63. The molecule has 4 nitrogen and oxygen atoms in total. The van der Waals surface area contributed by atoms with E-state index in [2.05, 4.69) is 5.32 Å². The van der Waals surface area contributed by atoms with Crippen LogP contribution in [0.3, 0.4) is 0 Å². The summed E-state index contributed by atoms with van der Waals surface area (Å²) in [5.41, 5.74) is 1.19. The first kappa shape index (κ1) is 10.7. The van der Waals surface area contributed by atoms with E-state index >= 15 is 0 Å². The van der Waals surface area contributed by atoms with E-state index in [4.69, 9.17) is 4.74 Å². The van der Waals surface area contributed by atoms with E-state index in [0.29, 0.717) is 36.4 Å². The summed E-state index contributed by atoms with van der Waals surface area (Å²) in [6.07, 6.45) is 0.791. The number of ether oxygens (including phenoxy) is 1. The first-order valence-electron chi connectivity index (χ1n) is 5.30. The molecule has 1 aromatic carbocycles. The monoisotopic (exact) mass is 219 g/mol. The Hall–Kier alpha value is -1.84. The van der Waals surface area contributed by atoms with Crippen LogP contribution in [0.5, 0.6) is 5.75 Å². The Morgan fingerprint density at radius 3 is 3.06 bits per heavy atom. The molecule has 16 heavy (non-hydrogen) atoms. The van der Waals surface area contributed by atoms with E-state index in [1.54, 1.807) is 18.2 Å². The van der Waals surface area contributed by atoms with Crippen LogP contribution in [0.4, 0.5) is 5.69 Å². The van der Waals surface area contributed by atoms with Crippen LogP contribution in [0, 0.1) is 0 Å². The molecular weight excluding hydrogens is 206 g/mol. The van der Waals surface area contributed by atoms with Crippen LogP contribution in [-0.2, 0) is 4.79 Å². The number of anilines is 1. The Kier molecular flexibility index (Phi) is 2.90. The molecular formula is C12H13NO3. The Balaban J connectivity index is 2.36. The predicted octanol–water partition coefficient (Wildman–Crippen LogP) is 2.00. The standard InChI is InChI=1S/C12H13NO3/c1-2-10(14)8-3-4-11-9(7-8)13-12(15)5-6-16-11/h3-4,7H,2,5-6H2,1H3,(H,13,15). The second kappa shape index (κ2) is 4.35. The third-order valence-corrected chi connectivity index (χ3v) is 2.48. The molecule has 0 saturated carbocycles. The Labute approximate surface area is 93.6 Å². The first-order valence-corrected chi connectivity index (χ1v) is 5.30. The molecule has 4 heteroatoms. The van der Waals surface area contributed by atoms with Crippen molar-refractivity contribution in [1.82, 2.24) is 0 Å². The van der Waals surface area contributed by atoms with Gasteiger partial charge in [0.1, 0.15) is 5.75 Å². The summed E-state index contributed by atoms with van der Waals surface area (Å²) in [7, 11) is 0. The zero-order valence-electron chi connectivity index (χ0n) is 9.08. The third-order valence-electron chi connectivity index (χ3n) is 2.48. The molecule has 0 unspecified atom stereocenters. The van der Waals surface area contributed by atoms with E-state index in [-0.39, 0.29) is 11.7 Å². The van der Waals surface area contributed by atoms with Gasteiger partial charge in [-0.1, -0.05) is 6.92 Å². The van der Waals surface area contributed by atoms with Gasteiger partial charge in [0.15, 0.2) is 5.78 Å². The highest BCUT2D eigenvalue weighted by atomic mass is 16.5.